The van der Waals surface area contributed by atoms with E-state index in [4.69, 9.17) is 24.4 Å². The average molecular weight is 682 g/mol. The molecule has 53 heavy (non-hydrogen) atoms. The van der Waals surface area contributed by atoms with Crippen LogP contribution in [0.3, 0.4) is 0 Å². The number of aromatic nitrogens is 5. The summed E-state index contributed by atoms with van der Waals surface area (Å²) in [6.07, 6.45) is 1.87. The van der Waals surface area contributed by atoms with Gasteiger partial charge < -0.3 is 4.42 Å². The van der Waals surface area contributed by atoms with Crippen LogP contribution in [0.25, 0.3) is 94.9 Å². The monoisotopic (exact) mass is 681 g/mol. The van der Waals surface area contributed by atoms with E-state index < -0.39 is 0 Å². The standard InChI is InChI=1S/C47H31N5O/c1-47(2)38-24-21-29(26-37(38)31-23-22-30(27-39(31)47)52-40-19-8-6-14-32(40)35-18-11-25-48-46(35)52)44-49-43(28-12-4-3-5-13-28)50-45(51-44)36-17-10-16-34-33-15-7-9-20-41(33)53-42(34)36/h3-27H,1-2H3. The van der Waals surface area contributed by atoms with Gasteiger partial charge in [-0.05, 0) is 70.8 Å². The average Bonchev–Trinajstić information content (AvgIpc) is 3.83. The van der Waals surface area contributed by atoms with Crippen molar-refractivity contribution in [2.45, 2.75) is 19.3 Å². The first-order valence-electron chi connectivity index (χ1n) is 17.9. The molecule has 0 saturated carbocycles. The van der Waals surface area contributed by atoms with E-state index in [0.29, 0.717) is 17.5 Å². The maximum absolute atomic E-state index is 6.43. The maximum Gasteiger partial charge on any atom is 0.167 e. The minimum Gasteiger partial charge on any atom is -0.455 e. The molecular weight excluding hydrogens is 651 g/mol. The summed E-state index contributed by atoms with van der Waals surface area (Å²) in [4.78, 5) is 20.1. The highest BCUT2D eigenvalue weighted by Gasteiger charge is 2.36. The van der Waals surface area contributed by atoms with Crippen LogP contribution in [0.15, 0.2) is 156 Å². The summed E-state index contributed by atoms with van der Waals surface area (Å²) in [5, 5.41) is 4.46. The van der Waals surface area contributed by atoms with E-state index in [9.17, 15) is 0 Å². The highest BCUT2D eigenvalue weighted by Crippen LogP contribution is 2.50. The molecular formula is C47H31N5O. The summed E-state index contributed by atoms with van der Waals surface area (Å²) in [5.74, 6) is 1.80. The minimum atomic E-state index is -0.220. The van der Waals surface area contributed by atoms with Crippen molar-refractivity contribution in [3.05, 3.63) is 163 Å². The Morgan fingerprint density at radius 2 is 1.25 bits per heavy atom. The number of nitrogens with zero attached hydrogens (tertiary/aromatic N) is 5. The third kappa shape index (κ3) is 4.39. The molecule has 4 aromatic heterocycles. The molecule has 0 N–H and O–H groups in total. The van der Waals surface area contributed by atoms with Crippen LogP contribution in [0, 0.1) is 0 Å². The number of furan rings is 1. The highest BCUT2D eigenvalue weighted by molar-refractivity contribution is 6.09. The molecule has 4 heterocycles. The Morgan fingerprint density at radius 3 is 2.13 bits per heavy atom. The molecule has 0 radical (unpaired) electrons. The molecule has 0 fully saturated rings. The van der Waals surface area contributed by atoms with Crippen molar-refractivity contribution < 1.29 is 4.42 Å². The van der Waals surface area contributed by atoms with Crippen molar-refractivity contribution in [3.8, 4) is 51.0 Å². The van der Waals surface area contributed by atoms with Gasteiger partial charge in [-0.2, -0.15) is 0 Å². The molecule has 6 aromatic carbocycles. The van der Waals surface area contributed by atoms with E-state index in [1.165, 1.54) is 27.6 Å². The lowest BCUT2D eigenvalue weighted by molar-refractivity contribution is 0.660. The molecule has 0 amide bonds. The fourth-order valence-electron chi connectivity index (χ4n) is 8.34. The lowest BCUT2D eigenvalue weighted by Gasteiger charge is -2.22. The number of rotatable bonds is 4. The van der Waals surface area contributed by atoms with Gasteiger partial charge in [0.2, 0.25) is 0 Å². The second kappa shape index (κ2) is 11.0. The molecule has 1 aliphatic rings. The van der Waals surface area contributed by atoms with E-state index >= 15 is 0 Å². The van der Waals surface area contributed by atoms with Gasteiger partial charge in [0, 0.05) is 50.0 Å². The van der Waals surface area contributed by atoms with Crippen molar-refractivity contribution in [3.63, 3.8) is 0 Å². The minimum absolute atomic E-state index is 0.220. The first-order chi connectivity index (χ1) is 26.0. The number of hydrogen-bond acceptors (Lipinski definition) is 5. The summed E-state index contributed by atoms with van der Waals surface area (Å²) in [6.45, 7) is 4.63. The smallest absolute Gasteiger partial charge is 0.167 e. The summed E-state index contributed by atoms with van der Waals surface area (Å²) >= 11 is 0. The fraction of sp³-hybridized carbons (Fsp3) is 0.0638. The van der Waals surface area contributed by atoms with Crippen LogP contribution in [0.4, 0.5) is 0 Å². The molecule has 10 aromatic rings. The van der Waals surface area contributed by atoms with Crippen LogP contribution in [0.2, 0.25) is 0 Å². The van der Waals surface area contributed by atoms with Crippen molar-refractivity contribution >= 4 is 43.9 Å². The van der Waals surface area contributed by atoms with E-state index in [0.717, 1.165) is 60.9 Å². The molecule has 0 atom stereocenters. The summed E-state index contributed by atoms with van der Waals surface area (Å²) in [5.41, 5.74) is 12.2. The van der Waals surface area contributed by atoms with Crippen LogP contribution in [0.1, 0.15) is 25.0 Å². The summed E-state index contributed by atoms with van der Waals surface area (Å²) in [6, 6.07) is 50.6. The van der Waals surface area contributed by atoms with E-state index in [1.54, 1.807) is 0 Å². The molecule has 0 spiro atoms. The second-order valence-electron chi connectivity index (χ2n) is 14.3. The van der Waals surface area contributed by atoms with Crippen molar-refractivity contribution in [1.29, 1.82) is 0 Å². The van der Waals surface area contributed by atoms with Gasteiger partial charge in [0.1, 0.15) is 16.8 Å². The van der Waals surface area contributed by atoms with Crippen LogP contribution in [0.5, 0.6) is 0 Å². The first kappa shape index (κ1) is 29.8. The van der Waals surface area contributed by atoms with Gasteiger partial charge >= 0.3 is 0 Å². The third-order valence-corrected chi connectivity index (χ3v) is 10.9. The predicted octanol–water partition coefficient (Wildman–Crippen LogP) is 11.6. The number of hydrogen-bond donors (Lipinski definition) is 0. The van der Waals surface area contributed by atoms with Crippen LogP contribution >= 0.6 is 0 Å². The lowest BCUT2D eigenvalue weighted by atomic mass is 9.82. The lowest BCUT2D eigenvalue weighted by Crippen LogP contribution is -2.15. The summed E-state index contributed by atoms with van der Waals surface area (Å²) in [7, 11) is 0. The van der Waals surface area contributed by atoms with E-state index in [2.05, 4.69) is 97.3 Å². The number of pyridine rings is 1. The fourth-order valence-corrected chi connectivity index (χ4v) is 8.34. The third-order valence-electron chi connectivity index (χ3n) is 10.9. The Hall–Kier alpha value is -6.92. The quantitative estimate of drug-likeness (QED) is 0.185. The number of fused-ring (bicyclic) bond motifs is 9. The van der Waals surface area contributed by atoms with Gasteiger partial charge in [0.15, 0.2) is 17.5 Å². The van der Waals surface area contributed by atoms with Gasteiger partial charge in [-0.1, -0.05) is 111 Å². The molecule has 0 bridgehead atoms. The predicted molar refractivity (Wildman–Crippen MR) is 213 cm³/mol. The van der Waals surface area contributed by atoms with Crippen molar-refractivity contribution in [2.75, 3.05) is 0 Å². The van der Waals surface area contributed by atoms with E-state index in [-0.39, 0.29) is 5.41 Å². The number of benzene rings is 6. The molecule has 250 valence electrons. The van der Waals surface area contributed by atoms with Gasteiger partial charge in [-0.15, -0.1) is 0 Å². The molecule has 6 nitrogen and oxygen atoms in total. The molecule has 6 heteroatoms. The largest absolute Gasteiger partial charge is 0.455 e. The Labute approximate surface area is 305 Å². The van der Waals surface area contributed by atoms with E-state index in [1.807, 2.05) is 72.9 Å². The van der Waals surface area contributed by atoms with Gasteiger partial charge in [-0.25, -0.2) is 19.9 Å². The Balaban J connectivity index is 1.08. The molecule has 0 aliphatic heterocycles. The number of para-hydroxylation sites is 3. The zero-order valence-corrected chi connectivity index (χ0v) is 29.1. The van der Waals surface area contributed by atoms with Crippen LogP contribution in [-0.2, 0) is 5.41 Å². The van der Waals surface area contributed by atoms with Gasteiger partial charge in [-0.3, -0.25) is 4.57 Å². The molecule has 0 saturated heterocycles. The van der Waals surface area contributed by atoms with Gasteiger partial charge in [0.05, 0.1) is 11.1 Å². The normalized spacial score (nSPS) is 13.2. The maximum atomic E-state index is 6.43. The first-order valence-corrected chi connectivity index (χ1v) is 17.9. The Morgan fingerprint density at radius 1 is 0.509 bits per heavy atom. The molecule has 1 aliphatic carbocycles. The zero-order valence-electron chi connectivity index (χ0n) is 29.1. The van der Waals surface area contributed by atoms with Crippen molar-refractivity contribution in [1.82, 2.24) is 24.5 Å². The summed E-state index contributed by atoms with van der Waals surface area (Å²) < 4.78 is 8.72. The highest BCUT2D eigenvalue weighted by atomic mass is 16.3. The van der Waals surface area contributed by atoms with Gasteiger partial charge in [0.25, 0.3) is 0 Å². The Bertz CT molecular complexity index is 3050. The molecule has 11 rings (SSSR count). The zero-order chi connectivity index (χ0) is 35.3. The van der Waals surface area contributed by atoms with Crippen molar-refractivity contribution in [2.24, 2.45) is 0 Å². The second-order valence-corrected chi connectivity index (χ2v) is 14.3. The molecule has 0 unspecified atom stereocenters. The van der Waals surface area contributed by atoms with Crippen LogP contribution < -0.4 is 0 Å². The topological polar surface area (TPSA) is 69.6 Å². The Kier molecular flexibility index (Phi) is 6.20. The SMILES string of the molecule is CC1(C)c2ccc(-c3nc(-c4ccccc4)nc(-c4cccc5c4oc4ccccc45)n3)cc2-c2ccc(-n3c4ccccc4c4cccnc43)cc21. The van der Waals surface area contributed by atoms with Crippen LogP contribution in [-0.4, -0.2) is 24.5 Å².